The van der Waals surface area contributed by atoms with Crippen LogP contribution in [-0.4, -0.2) is 9.13 Å². The van der Waals surface area contributed by atoms with Crippen LogP contribution in [0.5, 0.6) is 0 Å². The predicted molar refractivity (Wildman–Crippen MR) is 185 cm³/mol. The summed E-state index contributed by atoms with van der Waals surface area (Å²) >= 11 is 0. The van der Waals surface area contributed by atoms with E-state index in [0.717, 1.165) is 5.82 Å². The van der Waals surface area contributed by atoms with Crippen molar-refractivity contribution in [1.82, 2.24) is 14.5 Å². The molecule has 1 aliphatic rings. The first kappa shape index (κ1) is 24.8. The molecule has 208 valence electrons. The molecule has 6 aromatic carbocycles. The molecule has 0 saturated carbocycles. The van der Waals surface area contributed by atoms with Crippen molar-refractivity contribution in [3.8, 4) is 16.8 Å². The van der Waals surface area contributed by atoms with Crippen molar-refractivity contribution < 1.29 is 0 Å². The molecule has 1 aliphatic heterocycles. The predicted octanol–water partition coefficient (Wildman–Crippen LogP) is 10.3. The summed E-state index contributed by atoms with van der Waals surface area (Å²) in [5.74, 6) is 1.08. The molecule has 0 bridgehead atoms. The smallest absolute Gasteiger partial charge is 0.111 e. The molecule has 9 rings (SSSR count). The maximum absolute atomic E-state index is 3.79. The molecule has 0 saturated heterocycles. The number of aromatic nitrogens is 2. The summed E-state index contributed by atoms with van der Waals surface area (Å²) in [6.07, 6.45) is 6.56. The topological polar surface area (TPSA) is 21.9 Å². The number of hydrogen-bond acceptors (Lipinski definition) is 1. The lowest BCUT2D eigenvalue weighted by Gasteiger charge is -2.24. The van der Waals surface area contributed by atoms with E-state index in [-0.39, 0.29) is 6.04 Å². The van der Waals surface area contributed by atoms with E-state index in [1.165, 1.54) is 66.0 Å². The average Bonchev–Trinajstić information content (AvgIpc) is 3.61. The molecule has 1 atom stereocenters. The number of hydrogen-bond donors (Lipinski definition) is 1. The van der Waals surface area contributed by atoms with Crippen LogP contribution in [-0.2, 0) is 0 Å². The van der Waals surface area contributed by atoms with Crippen molar-refractivity contribution in [2.45, 2.75) is 6.04 Å². The van der Waals surface area contributed by atoms with Crippen molar-refractivity contribution >= 4 is 49.4 Å². The normalized spacial score (nSPS) is 14.8. The number of allylic oxidation sites excluding steroid dienone is 2. The standard InChI is InChI=1S/C41H29N3/c1-3-12-28(13-4-1)36-18-11-21-41(42-36)44-38-20-10-8-17-33(38)35-27-30(23-25-40(35)44)29-22-24-39-34(26-29)32-16-7-9-19-37(32)43(39)31-14-5-2-6-15-31/h1-27,36,42H. The van der Waals surface area contributed by atoms with Crippen LogP contribution in [0, 0.1) is 0 Å². The zero-order valence-corrected chi connectivity index (χ0v) is 24.1. The highest BCUT2D eigenvalue weighted by molar-refractivity contribution is 6.13. The number of rotatable bonds is 4. The van der Waals surface area contributed by atoms with Crippen LogP contribution in [0.1, 0.15) is 11.6 Å². The maximum atomic E-state index is 3.79. The fourth-order valence-electron chi connectivity index (χ4n) is 6.93. The summed E-state index contributed by atoms with van der Waals surface area (Å²) in [5, 5.41) is 8.82. The lowest BCUT2D eigenvalue weighted by atomic mass is 10.0. The number of nitrogens with one attached hydrogen (secondary N) is 1. The molecular weight excluding hydrogens is 534 g/mol. The Balaban J connectivity index is 1.19. The SMILES string of the molecule is C1=CC(c2ccccc2)NC(n2c3ccccc3c3cc(-c4ccc5c(c4)c4ccccc4n5-c4ccccc4)ccc32)=C1. The van der Waals surface area contributed by atoms with Gasteiger partial charge in [0.2, 0.25) is 0 Å². The van der Waals surface area contributed by atoms with E-state index in [4.69, 9.17) is 0 Å². The first-order valence-corrected chi connectivity index (χ1v) is 15.2. The summed E-state index contributed by atoms with van der Waals surface area (Å²) < 4.78 is 4.73. The summed E-state index contributed by atoms with van der Waals surface area (Å²) in [4.78, 5) is 0. The van der Waals surface area contributed by atoms with Crippen molar-refractivity contribution in [2.24, 2.45) is 0 Å². The lowest BCUT2D eigenvalue weighted by molar-refractivity contribution is 0.736. The Bertz CT molecular complexity index is 2410. The van der Waals surface area contributed by atoms with Gasteiger partial charge in [-0.3, -0.25) is 4.57 Å². The molecule has 0 fully saturated rings. The third-order valence-corrected chi connectivity index (χ3v) is 8.95. The molecule has 3 heteroatoms. The third kappa shape index (κ3) is 3.83. The van der Waals surface area contributed by atoms with Gasteiger partial charge in [-0.2, -0.15) is 0 Å². The third-order valence-electron chi connectivity index (χ3n) is 8.95. The largest absolute Gasteiger partial charge is 0.361 e. The Morgan fingerprint density at radius 2 is 0.977 bits per heavy atom. The fourth-order valence-corrected chi connectivity index (χ4v) is 6.93. The first-order chi connectivity index (χ1) is 21.8. The van der Waals surface area contributed by atoms with Crippen LogP contribution in [0.15, 0.2) is 164 Å². The molecule has 44 heavy (non-hydrogen) atoms. The van der Waals surface area contributed by atoms with Gasteiger partial charge < -0.3 is 9.88 Å². The Kier molecular flexibility index (Phi) is 5.57. The van der Waals surface area contributed by atoms with Gasteiger partial charge in [-0.25, -0.2) is 0 Å². The molecule has 3 heterocycles. The number of para-hydroxylation sites is 3. The van der Waals surface area contributed by atoms with E-state index in [9.17, 15) is 0 Å². The molecular formula is C41H29N3. The van der Waals surface area contributed by atoms with Crippen molar-refractivity contribution in [2.75, 3.05) is 0 Å². The van der Waals surface area contributed by atoms with Crippen LogP contribution < -0.4 is 5.32 Å². The van der Waals surface area contributed by atoms with E-state index >= 15 is 0 Å². The summed E-state index contributed by atoms with van der Waals surface area (Å²) in [5.41, 5.74) is 9.69. The monoisotopic (exact) mass is 563 g/mol. The first-order valence-electron chi connectivity index (χ1n) is 15.2. The van der Waals surface area contributed by atoms with Crippen LogP contribution in [0.25, 0.3) is 66.2 Å². The highest BCUT2D eigenvalue weighted by atomic mass is 15.2. The second-order valence-corrected chi connectivity index (χ2v) is 11.5. The minimum absolute atomic E-state index is 0.122. The summed E-state index contributed by atoms with van der Waals surface area (Å²) in [7, 11) is 0. The van der Waals surface area contributed by atoms with E-state index < -0.39 is 0 Å². The highest BCUT2D eigenvalue weighted by Gasteiger charge is 2.19. The number of dihydropyridines is 1. The van der Waals surface area contributed by atoms with Crippen molar-refractivity contribution in [1.29, 1.82) is 0 Å². The van der Waals surface area contributed by atoms with E-state index in [1.807, 2.05) is 0 Å². The quantitative estimate of drug-likeness (QED) is 0.226. The van der Waals surface area contributed by atoms with Gasteiger partial charge in [-0.1, -0.05) is 109 Å². The number of benzene rings is 6. The molecule has 0 spiro atoms. The molecule has 2 aromatic heterocycles. The lowest BCUT2D eigenvalue weighted by Crippen LogP contribution is -2.23. The Labute approximate surface area is 255 Å². The molecule has 0 radical (unpaired) electrons. The van der Waals surface area contributed by atoms with Gasteiger partial charge >= 0.3 is 0 Å². The average molecular weight is 564 g/mol. The molecule has 0 aliphatic carbocycles. The Hall–Kier alpha value is -5.80. The van der Waals surface area contributed by atoms with Crippen molar-refractivity contribution in [3.63, 3.8) is 0 Å². The number of fused-ring (bicyclic) bond motifs is 6. The van der Waals surface area contributed by atoms with Crippen LogP contribution >= 0.6 is 0 Å². The molecule has 1 unspecified atom stereocenters. The molecule has 8 aromatic rings. The van der Waals surface area contributed by atoms with E-state index in [2.05, 4.69) is 178 Å². The van der Waals surface area contributed by atoms with Crippen LogP contribution in [0.3, 0.4) is 0 Å². The van der Waals surface area contributed by atoms with Crippen LogP contribution in [0.2, 0.25) is 0 Å². The second-order valence-electron chi connectivity index (χ2n) is 11.5. The summed E-state index contributed by atoms with van der Waals surface area (Å²) in [6, 6.07) is 52.6. The van der Waals surface area contributed by atoms with Gasteiger partial charge in [0, 0.05) is 27.2 Å². The van der Waals surface area contributed by atoms with E-state index in [1.54, 1.807) is 0 Å². The fraction of sp³-hybridized carbons (Fsp3) is 0.0244. The molecule has 3 nitrogen and oxygen atoms in total. The second kappa shape index (κ2) is 9.89. The minimum Gasteiger partial charge on any atom is -0.361 e. The molecule has 0 amide bonds. The van der Waals surface area contributed by atoms with Gasteiger partial charge in [0.15, 0.2) is 0 Å². The zero-order valence-electron chi connectivity index (χ0n) is 24.1. The van der Waals surface area contributed by atoms with Gasteiger partial charge in [-0.05, 0) is 71.3 Å². The minimum atomic E-state index is 0.122. The number of nitrogens with zero attached hydrogens (tertiary/aromatic N) is 2. The van der Waals surface area contributed by atoms with Gasteiger partial charge in [0.05, 0.1) is 28.1 Å². The Morgan fingerprint density at radius 3 is 1.64 bits per heavy atom. The molecule has 1 N–H and O–H groups in total. The van der Waals surface area contributed by atoms with Crippen LogP contribution in [0.4, 0.5) is 0 Å². The van der Waals surface area contributed by atoms with Gasteiger partial charge in [0.1, 0.15) is 5.82 Å². The maximum Gasteiger partial charge on any atom is 0.111 e. The highest BCUT2D eigenvalue weighted by Crippen LogP contribution is 2.38. The Morgan fingerprint density at radius 1 is 0.455 bits per heavy atom. The van der Waals surface area contributed by atoms with E-state index in [0.29, 0.717) is 0 Å². The summed E-state index contributed by atoms with van der Waals surface area (Å²) in [6.45, 7) is 0. The van der Waals surface area contributed by atoms with Crippen molar-refractivity contribution in [3.05, 3.63) is 169 Å². The van der Waals surface area contributed by atoms with Gasteiger partial charge in [0.25, 0.3) is 0 Å². The zero-order chi connectivity index (χ0) is 29.0. The van der Waals surface area contributed by atoms with Gasteiger partial charge in [-0.15, -0.1) is 0 Å².